The fourth-order valence-corrected chi connectivity index (χ4v) is 4.44. The summed E-state index contributed by atoms with van der Waals surface area (Å²) in [6.45, 7) is 0.990. The molecule has 1 aliphatic rings. The second kappa shape index (κ2) is 10.3. The zero-order valence-corrected chi connectivity index (χ0v) is 19.7. The second-order valence-corrected chi connectivity index (χ2v) is 8.65. The van der Waals surface area contributed by atoms with Crippen LogP contribution in [-0.2, 0) is 13.6 Å². The predicted molar refractivity (Wildman–Crippen MR) is 132 cm³/mol. The Balaban J connectivity index is 1.63. The van der Waals surface area contributed by atoms with Crippen LogP contribution in [0.15, 0.2) is 64.2 Å². The summed E-state index contributed by atoms with van der Waals surface area (Å²) >= 11 is 0. The Kier molecular flexibility index (Phi) is 7.01. The van der Waals surface area contributed by atoms with Crippen molar-refractivity contribution in [1.82, 2.24) is 14.5 Å². The number of rotatable bonds is 6. The van der Waals surface area contributed by atoms with Gasteiger partial charge in [-0.05, 0) is 36.6 Å². The highest BCUT2D eigenvalue weighted by Crippen LogP contribution is 2.20. The minimum Gasteiger partial charge on any atom is -0.478 e. The lowest BCUT2D eigenvalue weighted by Gasteiger charge is -2.36. The molecule has 4 rings (SSSR count). The van der Waals surface area contributed by atoms with Crippen molar-refractivity contribution in [3.8, 4) is 6.07 Å². The maximum atomic E-state index is 13.1. The molecule has 1 saturated heterocycles. The van der Waals surface area contributed by atoms with E-state index in [9.17, 15) is 29.5 Å². The number of carboxylic acids is 1. The highest BCUT2D eigenvalue weighted by atomic mass is 16.4. The Morgan fingerprint density at radius 2 is 1.81 bits per heavy atom. The molecule has 3 aromatic rings. The number of aromatic carboxylic acids is 1. The molecule has 10 nitrogen and oxygen atoms in total. The highest BCUT2D eigenvalue weighted by molar-refractivity contribution is 6.04. The van der Waals surface area contributed by atoms with Crippen molar-refractivity contribution in [3.63, 3.8) is 0 Å². The average molecular weight is 488 g/mol. The third-order valence-electron chi connectivity index (χ3n) is 6.33. The summed E-state index contributed by atoms with van der Waals surface area (Å²) in [6.07, 6.45) is 1.34. The summed E-state index contributed by atoms with van der Waals surface area (Å²) in [4.78, 5) is 51.9. The van der Waals surface area contributed by atoms with Gasteiger partial charge in [0.25, 0.3) is 11.5 Å². The van der Waals surface area contributed by atoms with Gasteiger partial charge in [-0.25, -0.2) is 9.59 Å². The van der Waals surface area contributed by atoms with Crippen LogP contribution in [-0.4, -0.2) is 45.2 Å². The minimum atomic E-state index is -1.19. The minimum absolute atomic E-state index is 0.0701. The number of anilines is 1. The van der Waals surface area contributed by atoms with E-state index in [4.69, 9.17) is 0 Å². The van der Waals surface area contributed by atoms with Gasteiger partial charge in [0, 0.05) is 32.2 Å². The molecule has 1 aliphatic heterocycles. The maximum absolute atomic E-state index is 13.1. The summed E-state index contributed by atoms with van der Waals surface area (Å²) in [6, 6.07) is 16.2. The molecule has 10 heteroatoms. The molecule has 0 saturated carbocycles. The molecule has 0 spiro atoms. The summed E-state index contributed by atoms with van der Waals surface area (Å²) in [5.74, 6) is -1.28. The number of benzene rings is 2. The van der Waals surface area contributed by atoms with Crippen LogP contribution >= 0.6 is 0 Å². The number of hydrogen-bond acceptors (Lipinski definition) is 6. The summed E-state index contributed by atoms with van der Waals surface area (Å²) < 4.78 is 2.48. The number of nitrogens with zero attached hydrogens (tertiary/aromatic N) is 4. The monoisotopic (exact) mass is 487 g/mol. The molecule has 2 N–H and O–H groups in total. The number of carbonyl (C=O) groups is 2. The van der Waals surface area contributed by atoms with Gasteiger partial charge in [-0.3, -0.25) is 18.7 Å². The average Bonchev–Trinajstić information content (AvgIpc) is 2.89. The molecule has 1 aromatic heterocycles. The van der Waals surface area contributed by atoms with Crippen LogP contribution in [0.1, 0.15) is 44.7 Å². The topological polar surface area (TPSA) is 137 Å². The number of carboxylic acid groups (broad SMARTS) is 1. The van der Waals surface area contributed by atoms with Crippen LogP contribution < -0.4 is 21.5 Å². The van der Waals surface area contributed by atoms with Crippen molar-refractivity contribution in [3.05, 3.63) is 97.7 Å². The van der Waals surface area contributed by atoms with Gasteiger partial charge >= 0.3 is 11.7 Å². The number of piperidine rings is 1. The third-order valence-corrected chi connectivity index (χ3v) is 6.33. The van der Waals surface area contributed by atoms with Gasteiger partial charge in [0.2, 0.25) is 0 Å². The van der Waals surface area contributed by atoms with Gasteiger partial charge in [0.05, 0.1) is 29.3 Å². The third kappa shape index (κ3) is 4.90. The molecule has 36 heavy (non-hydrogen) atoms. The number of hydrogen-bond donors (Lipinski definition) is 2. The van der Waals surface area contributed by atoms with Gasteiger partial charge in [0.15, 0.2) is 0 Å². The van der Waals surface area contributed by atoms with Crippen molar-refractivity contribution in [2.75, 3.05) is 18.0 Å². The van der Waals surface area contributed by atoms with Crippen LogP contribution in [0.25, 0.3) is 0 Å². The fourth-order valence-electron chi connectivity index (χ4n) is 4.44. The molecule has 1 unspecified atom stereocenters. The van der Waals surface area contributed by atoms with Crippen molar-refractivity contribution in [2.45, 2.75) is 25.4 Å². The normalized spacial score (nSPS) is 15.2. The Bertz CT molecular complexity index is 1480. The summed E-state index contributed by atoms with van der Waals surface area (Å²) in [7, 11) is 1.40. The smallest absolute Gasteiger partial charge is 0.336 e. The van der Waals surface area contributed by atoms with Crippen LogP contribution in [0.3, 0.4) is 0 Å². The van der Waals surface area contributed by atoms with E-state index in [0.717, 1.165) is 4.57 Å². The lowest BCUT2D eigenvalue weighted by Crippen LogP contribution is -2.50. The number of aromatic nitrogens is 2. The van der Waals surface area contributed by atoms with Gasteiger partial charge in [-0.1, -0.05) is 30.3 Å². The van der Waals surface area contributed by atoms with Crippen LogP contribution in [0.5, 0.6) is 0 Å². The first-order valence-corrected chi connectivity index (χ1v) is 11.5. The van der Waals surface area contributed by atoms with Gasteiger partial charge in [-0.2, -0.15) is 5.26 Å². The Hall–Kier alpha value is -4.65. The van der Waals surface area contributed by atoms with E-state index < -0.39 is 23.1 Å². The van der Waals surface area contributed by atoms with E-state index in [1.54, 1.807) is 36.4 Å². The Labute approximate surface area is 206 Å². The molecule has 2 heterocycles. The fraction of sp³-hybridized carbons (Fsp3) is 0.269. The van der Waals surface area contributed by atoms with Gasteiger partial charge < -0.3 is 15.3 Å². The number of nitrogens with one attached hydrogen (secondary N) is 1. The zero-order valence-electron chi connectivity index (χ0n) is 19.7. The molecule has 1 amide bonds. The molecule has 0 bridgehead atoms. The van der Waals surface area contributed by atoms with E-state index in [1.165, 1.54) is 29.8 Å². The van der Waals surface area contributed by atoms with E-state index in [2.05, 4.69) is 11.4 Å². The molecule has 184 valence electrons. The lowest BCUT2D eigenvalue weighted by atomic mass is 10.0. The van der Waals surface area contributed by atoms with Crippen molar-refractivity contribution in [1.29, 1.82) is 5.26 Å². The quantitative estimate of drug-likeness (QED) is 0.538. The summed E-state index contributed by atoms with van der Waals surface area (Å²) in [5.41, 5.74) is 0.104. The lowest BCUT2D eigenvalue weighted by molar-refractivity contribution is 0.0690. The first kappa shape index (κ1) is 24.5. The van der Waals surface area contributed by atoms with E-state index in [1.807, 2.05) is 4.90 Å². The van der Waals surface area contributed by atoms with E-state index in [0.29, 0.717) is 42.9 Å². The van der Waals surface area contributed by atoms with Crippen LogP contribution in [0, 0.1) is 11.3 Å². The largest absolute Gasteiger partial charge is 0.478 e. The van der Waals surface area contributed by atoms with Crippen molar-refractivity contribution in [2.24, 2.45) is 7.05 Å². The first-order valence-electron chi connectivity index (χ1n) is 11.5. The molecular formula is C26H25N5O5. The van der Waals surface area contributed by atoms with Crippen LogP contribution in [0.2, 0.25) is 0 Å². The molecule has 0 aliphatic carbocycles. The maximum Gasteiger partial charge on any atom is 0.336 e. The second-order valence-electron chi connectivity index (χ2n) is 8.65. The number of amides is 1. The number of nitriles is 1. The zero-order chi connectivity index (χ0) is 25.8. The Morgan fingerprint density at radius 3 is 2.53 bits per heavy atom. The van der Waals surface area contributed by atoms with E-state index in [-0.39, 0.29) is 23.7 Å². The standard InChI is InChI=1S/C26H25N5O5/c1-29-23(32)13-22(31(26(29)36)15-18-8-3-2-7-17(18)14-27)30-12-6-9-19(16-30)28-24(33)20-10-4-5-11-21(20)25(34)35/h2-5,7-8,10-11,13,19H,6,9,12,15-16H2,1H3,(H,28,33)(H,34,35). The van der Waals surface area contributed by atoms with Crippen molar-refractivity contribution < 1.29 is 14.7 Å². The first-order chi connectivity index (χ1) is 17.3. The van der Waals surface area contributed by atoms with Crippen LogP contribution in [0.4, 0.5) is 5.82 Å². The highest BCUT2D eigenvalue weighted by Gasteiger charge is 2.26. The van der Waals surface area contributed by atoms with Gasteiger partial charge in [-0.15, -0.1) is 0 Å². The molecule has 2 aromatic carbocycles. The molecule has 1 atom stereocenters. The molecular weight excluding hydrogens is 462 g/mol. The molecule has 1 fully saturated rings. The molecule has 0 radical (unpaired) electrons. The summed E-state index contributed by atoms with van der Waals surface area (Å²) in [5, 5.41) is 21.8. The van der Waals surface area contributed by atoms with E-state index >= 15 is 0 Å². The Morgan fingerprint density at radius 1 is 1.11 bits per heavy atom. The predicted octanol–water partition coefficient (Wildman–Crippen LogP) is 1.56. The van der Waals surface area contributed by atoms with Crippen molar-refractivity contribution >= 4 is 17.7 Å². The SMILES string of the molecule is Cn1c(=O)cc(N2CCCC(NC(=O)c3ccccc3C(=O)O)C2)n(Cc2ccccc2C#N)c1=O. The number of carbonyl (C=O) groups excluding carboxylic acids is 1. The van der Waals surface area contributed by atoms with Gasteiger partial charge in [0.1, 0.15) is 5.82 Å².